The van der Waals surface area contributed by atoms with E-state index in [-0.39, 0.29) is 67.3 Å². The van der Waals surface area contributed by atoms with Crippen molar-refractivity contribution < 1.29 is 46.6 Å². The van der Waals surface area contributed by atoms with Crippen molar-refractivity contribution >= 4 is 40.5 Å². The lowest BCUT2D eigenvalue weighted by Crippen LogP contribution is -2.50. The van der Waals surface area contributed by atoms with Crippen LogP contribution in [0.5, 0.6) is 0 Å². The second-order valence-electron chi connectivity index (χ2n) is 17.5. The van der Waals surface area contributed by atoms with Gasteiger partial charge >= 0.3 is 12.1 Å². The highest BCUT2D eigenvalue weighted by molar-refractivity contribution is 6.02. The van der Waals surface area contributed by atoms with Gasteiger partial charge in [-0.05, 0) is 121 Å². The van der Waals surface area contributed by atoms with Gasteiger partial charge in [0.2, 0.25) is 17.7 Å². The van der Waals surface area contributed by atoms with Crippen molar-refractivity contribution in [1.82, 2.24) is 14.8 Å². The van der Waals surface area contributed by atoms with Gasteiger partial charge in [-0.1, -0.05) is 0 Å². The van der Waals surface area contributed by atoms with E-state index in [0.29, 0.717) is 60.9 Å². The quantitative estimate of drug-likeness (QED) is 0.263. The molecule has 2 aliphatic heterocycles. The second-order valence-corrected chi connectivity index (χ2v) is 17.5. The summed E-state index contributed by atoms with van der Waals surface area (Å²) in [4.78, 5) is 55.8. The first kappa shape index (κ1) is 39.4. The third kappa shape index (κ3) is 8.07. The summed E-state index contributed by atoms with van der Waals surface area (Å²) < 4.78 is 60.8. The molecular weight excluding hydrogens is 717 g/mol. The number of fused-ring (bicyclic) bond motifs is 4. The molecule has 7 rings (SSSR count). The zero-order chi connectivity index (χ0) is 39.3. The number of carbonyl (C=O) groups excluding carboxylic acids is 4. The summed E-state index contributed by atoms with van der Waals surface area (Å²) in [6.07, 6.45) is 5.32. The van der Waals surface area contributed by atoms with Crippen LogP contribution in [-0.4, -0.2) is 83.4 Å². The Hall–Kier alpha value is -3.81. The number of rotatable bonds is 8. The van der Waals surface area contributed by atoms with Crippen molar-refractivity contribution in [3.63, 3.8) is 0 Å². The van der Waals surface area contributed by atoms with Gasteiger partial charge in [-0.3, -0.25) is 14.2 Å². The number of nitrogens with zero attached hydrogens (tertiary/aromatic N) is 2. The molecule has 2 aromatic rings. The Bertz CT molecular complexity index is 1770. The SMILES string of the molecule is CO[C@H]1CC[C@H]([C@@H]2CCN(C(=O)[C@H]3CC[C@H]([C@@H](CF)NC(=O)OC(C)(C)C)CC3)[C@@H]2C(=O)Nc2ccc3c(c2)cc2n3C3(CCC(F)(F)CC3)OC2=O)CC1. The molecule has 55 heavy (non-hydrogen) atoms. The van der Waals surface area contributed by atoms with Crippen molar-refractivity contribution in [1.29, 1.82) is 0 Å². The highest BCUT2D eigenvalue weighted by Crippen LogP contribution is 2.49. The van der Waals surface area contributed by atoms with E-state index >= 15 is 0 Å². The molecule has 1 spiro atoms. The van der Waals surface area contributed by atoms with Crippen LogP contribution in [0.2, 0.25) is 0 Å². The van der Waals surface area contributed by atoms with Crippen LogP contribution in [0.3, 0.4) is 0 Å². The number of alkyl halides is 3. The third-order valence-corrected chi connectivity index (χ3v) is 12.9. The van der Waals surface area contributed by atoms with Crippen molar-refractivity contribution in [2.75, 3.05) is 25.6 Å². The summed E-state index contributed by atoms with van der Waals surface area (Å²) in [5.41, 5.74) is -0.378. The molecule has 0 radical (unpaired) electrons. The van der Waals surface area contributed by atoms with Crippen molar-refractivity contribution in [2.24, 2.45) is 23.7 Å². The lowest BCUT2D eigenvalue weighted by molar-refractivity contribution is -0.142. The number of esters is 1. The Morgan fingerprint density at radius 2 is 1.65 bits per heavy atom. The first-order valence-corrected chi connectivity index (χ1v) is 20.1. The van der Waals surface area contributed by atoms with E-state index in [1.807, 2.05) is 0 Å². The van der Waals surface area contributed by atoms with Gasteiger partial charge in [0.1, 0.15) is 24.0 Å². The zero-order valence-electron chi connectivity index (χ0n) is 32.3. The van der Waals surface area contributed by atoms with E-state index in [4.69, 9.17) is 14.2 Å². The van der Waals surface area contributed by atoms with Gasteiger partial charge in [-0.25, -0.2) is 22.8 Å². The molecule has 14 heteroatoms. The number of benzene rings is 1. The Balaban J connectivity index is 1.07. The highest BCUT2D eigenvalue weighted by Gasteiger charge is 2.53. The van der Waals surface area contributed by atoms with Gasteiger partial charge < -0.3 is 29.7 Å². The number of amides is 3. The Kier molecular flexibility index (Phi) is 10.9. The molecule has 3 saturated carbocycles. The van der Waals surface area contributed by atoms with E-state index in [9.17, 15) is 32.3 Å². The van der Waals surface area contributed by atoms with Gasteiger partial charge in [0, 0.05) is 56.3 Å². The molecule has 1 aromatic carbocycles. The van der Waals surface area contributed by atoms with Gasteiger partial charge in [0.15, 0.2) is 5.72 Å². The fraction of sp³-hybridized carbons (Fsp3) is 0.707. The number of anilines is 1. The number of aromatic nitrogens is 1. The lowest BCUT2D eigenvalue weighted by atomic mass is 9.75. The standard InChI is InChI=1S/C41H55F3N4O7/c1-39(2,3)55-38(52)46-31(23-42)25-5-7-26(8-6-25)36(50)47-20-15-30(24-9-12-29(53-4)13-10-24)34(47)35(49)45-28-11-14-32-27(21-28)22-33-37(51)54-41(48(32)33)18-16-40(43,44)17-19-41/h11,14,21-22,24-26,29-31,34H,5-10,12-13,15-20,23H2,1-4H3,(H,45,49)(H,46,52)/t24-,25-,26-,29-,30-,31+,34-/m0/s1. The maximum Gasteiger partial charge on any atom is 0.407 e. The Morgan fingerprint density at radius 1 is 0.964 bits per heavy atom. The minimum absolute atomic E-state index is 0.0152. The molecule has 4 fully saturated rings. The normalized spacial score (nSPS) is 29.4. The molecule has 302 valence electrons. The molecule has 3 aliphatic carbocycles. The predicted octanol–water partition coefficient (Wildman–Crippen LogP) is 7.70. The van der Waals surface area contributed by atoms with Crippen LogP contribution >= 0.6 is 0 Å². The van der Waals surface area contributed by atoms with Crippen LogP contribution in [0.15, 0.2) is 24.3 Å². The number of halogens is 3. The molecule has 2 N–H and O–H groups in total. The van der Waals surface area contributed by atoms with Crippen molar-refractivity contribution in [3.05, 3.63) is 30.0 Å². The van der Waals surface area contributed by atoms with Crippen LogP contribution in [-0.2, 0) is 29.5 Å². The Morgan fingerprint density at radius 3 is 2.29 bits per heavy atom. The minimum Gasteiger partial charge on any atom is -0.444 e. The average Bonchev–Trinajstić information content (AvgIpc) is 3.84. The molecule has 1 aromatic heterocycles. The van der Waals surface area contributed by atoms with Crippen LogP contribution in [0.25, 0.3) is 10.9 Å². The average molecular weight is 773 g/mol. The number of ether oxygens (including phenoxy) is 3. The van der Waals surface area contributed by atoms with Gasteiger partial charge in [0.05, 0.1) is 17.7 Å². The predicted molar refractivity (Wildman–Crippen MR) is 198 cm³/mol. The summed E-state index contributed by atoms with van der Waals surface area (Å²) in [6.45, 7) is 4.99. The fourth-order valence-corrected chi connectivity index (χ4v) is 10.1. The van der Waals surface area contributed by atoms with Gasteiger partial charge in [0.25, 0.3) is 0 Å². The highest BCUT2D eigenvalue weighted by atomic mass is 19.3. The first-order valence-electron chi connectivity index (χ1n) is 20.1. The molecule has 1 saturated heterocycles. The van der Waals surface area contributed by atoms with E-state index in [0.717, 1.165) is 25.7 Å². The maximum absolute atomic E-state index is 14.4. The summed E-state index contributed by atoms with van der Waals surface area (Å²) in [5, 5.41) is 6.46. The summed E-state index contributed by atoms with van der Waals surface area (Å²) in [6, 6.07) is 5.61. The number of likely N-dealkylation sites (tertiary alicyclic amines) is 1. The maximum atomic E-state index is 14.4. The smallest absolute Gasteiger partial charge is 0.407 e. The summed E-state index contributed by atoms with van der Waals surface area (Å²) in [5.74, 6) is -3.91. The van der Waals surface area contributed by atoms with E-state index in [2.05, 4.69) is 10.6 Å². The van der Waals surface area contributed by atoms with Crippen molar-refractivity contribution in [2.45, 2.75) is 140 Å². The number of hydrogen-bond donors (Lipinski definition) is 2. The van der Waals surface area contributed by atoms with E-state index in [1.54, 1.807) is 61.6 Å². The monoisotopic (exact) mass is 772 g/mol. The molecule has 3 amide bonds. The van der Waals surface area contributed by atoms with E-state index in [1.165, 1.54) is 0 Å². The molecular formula is C41H55F3N4O7. The number of nitrogens with one attached hydrogen (secondary N) is 2. The number of alkyl carbamates (subject to hydrolysis) is 1. The minimum atomic E-state index is -2.80. The Labute approximate surface area is 320 Å². The summed E-state index contributed by atoms with van der Waals surface area (Å²) in [7, 11) is 1.72. The van der Waals surface area contributed by atoms with Gasteiger partial charge in [-0.15, -0.1) is 0 Å². The molecule has 3 heterocycles. The van der Waals surface area contributed by atoms with Crippen LogP contribution < -0.4 is 10.6 Å². The first-order chi connectivity index (χ1) is 26.1. The fourth-order valence-electron chi connectivity index (χ4n) is 10.1. The number of methoxy groups -OCH3 is 1. The topological polar surface area (TPSA) is 128 Å². The van der Waals surface area contributed by atoms with Crippen LogP contribution in [0.1, 0.15) is 115 Å². The lowest BCUT2D eigenvalue weighted by Gasteiger charge is -2.38. The molecule has 0 bridgehead atoms. The molecule has 0 unspecified atom stereocenters. The van der Waals surface area contributed by atoms with Gasteiger partial charge in [-0.2, -0.15) is 0 Å². The molecule has 11 nitrogen and oxygen atoms in total. The second kappa shape index (κ2) is 15.3. The molecule has 3 atom stereocenters. The largest absolute Gasteiger partial charge is 0.444 e. The van der Waals surface area contributed by atoms with Crippen molar-refractivity contribution in [3.8, 4) is 0 Å². The van der Waals surface area contributed by atoms with E-state index < -0.39 is 48.1 Å². The summed E-state index contributed by atoms with van der Waals surface area (Å²) >= 11 is 0. The van der Waals surface area contributed by atoms with Crippen LogP contribution in [0.4, 0.5) is 23.7 Å². The van der Waals surface area contributed by atoms with Crippen LogP contribution in [0, 0.1) is 23.7 Å². The molecule has 5 aliphatic rings. The third-order valence-electron chi connectivity index (χ3n) is 12.9. The number of carbonyl (C=O) groups is 4. The number of hydrogen-bond acceptors (Lipinski definition) is 7. The zero-order valence-corrected chi connectivity index (χ0v) is 32.3.